The van der Waals surface area contributed by atoms with Crippen LogP contribution in [0.25, 0.3) is 0 Å². The van der Waals surface area contributed by atoms with Crippen molar-refractivity contribution in [2.24, 2.45) is 0 Å². The van der Waals surface area contributed by atoms with Gasteiger partial charge in [0.2, 0.25) is 0 Å². The summed E-state index contributed by atoms with van der Waals surface area (Å²) in [5.41, 5.74) is -0.365. The maximum absolute atomic E-state index is 11.5. The molecule has 0 aromatic carbocycles. The second-order valence-electron chi connectivity index (χ2n) is 3.24. The van der Waals surface area contributed by atoms with Crippen LogP contribution in [0.5, 0.6) is 0 Å². The first kappa shape index (κ1) is 13.0. The zero-order chi connectivity index (χ0) is 10.5. The highest BCUT2D eigenvalue weighted by molar-refractivity contribution is 6.18. The summed E-state index contributed by atoms with van der Waals surface area (Å²) < 4.78 is 38.0. The van der Waals surface area contributed by atoms with Crippen LogP contribution in [0.2, 0.25) is 0 Å². The van der Waals surface area contributed by atoms with Gasteiger partial charge >= 0.3 is 6.36 Å². The molecule has 0 amide bonds. The Morgan fingerprint density at radius 3 is 2.23 bits per heavy atom. The van der Waals surface area contributed by atoms with Gasteiger partial charge in [-0.15, -0.1) is 24.8 Å². The molecule has 0 saturated heterocycles. The number of nitrogens with one attached hydrogen (secondary N) is 1. The smallest absolute Gasteiger partial charge is 0.308 e. The monoisotopic (exact) mass is 219 g/mol. The van der Waals surface area contributed by atoms with Crippen LogP contribution < -0.4 is 5.32 Å². The Kier molecular flexibility index (Phi) is 5.02. The van der Waals surface area contributed by atoms with E-state index in [9.17, 15) is 13.2 Å². The van der Waals surface area contributed by atoms with Crippen LogP contribution in [0.15, 0.2) is 0 Å². The van der Waals surface area contributed by atoms with E-state index in [0.29, 0.717) is 5.88 Å². The van der Waals surface area contributed by atoms with Gasteiger partial charge in [0, 0.05) is 18.0 Å². The highest BCUT2D eigenvalue weighted by Gasteiger charge is 2.28. The van der Waals surface area contributed by atoms with Crippen LogP contribution in [0.3, 0.4) is 0 Å². The van der Waals surface area contributed by atoms with Gasteiger partial charge in [-0.1, -0.05) is 0 Å². The van der Waals surface area contributed by atoms with E-state index in [4.69, 9.17) is 11.6 Å². The van der Waals surface area contributed by atoms with E-state index in [1.165, 1.54) is 0 Å². The first-order valence-electron chi connectivity index (χ1n) is 3.78. The second kappa shape index (κ2) is 5.02. The Morgan fingerprint density at radius 1 is 1.31 bits per heavy atom. The minimum absolute atomic E-state index is 0.124. The van der Waals surface area contributed by atoms with Crippen molar-refractivity contribution in [1.82, 2.24) is 5.32 Å². The lowest BCUT2D eigenvalue weighted by atomic mass is 10.1. The standard InChI is InChI=1S/C7H13ClF3NO/c1-6(2,5-8)12-3-4-13-7(9,10)11/h12H,3-5H2,1-2H3. The van der Waals surface area contributed by atoms with Crippen molar-refractivity contribution in [2.45, 2.75) is 25.7 Å². The molecule has 0 aliphatic rings. The van der Waals surface area contributed by atoms with Gasteiger partial charge in [-0.3, -0.25) is 4.74 Å². The van der Waals surface area contributed by atoms with Gasteiger partial charge in [0.25, 0.3) is 0 Å². The van der Waals surface area contributed by atoms with Gasteiger partial charge < -0.3 is 5.32 Å². The maximum atomic E-state index is 11.5. The molecule has 0 aromatic heterocycles. The van der Waals surface area contributed by atoms with Gasteiger partial charge in [0.1, 0.15) is 0 Å². The summed E-state index contributed by atoms with van der Waals surface area (Å²) in [5, 5.41) is 2.82. The van der Waals surface area contributed by atoms with Crippen LogP contribution in [-0.4, -0.2) is 30.9 Å². The van der Waals surface area contributed by atoms with E-state index in [0.717, 1.165) is 0 Å². The van der Waals surface area contributed by atoms with E-state index in [1.54, 1.807) is 13.8 Å². The lowest BCUT2D eigenvalue weighted by Gasteiger charge is -2.23. The molecule has 0 radical (unpaired) electrons. The van der Waals surface area contributed by atoms with Crippen molar-refractivity contribution >= 4 is 11.6 Å². The molecule has 13 heavy (non-hydrogen) atoms. The maximum Gasteiger partial charge on any atom is 0.522 e. The lowest BCUT2D eigenvalue weighted by molar-refractivity contribution is -0.323. The highest BCUT2D eigenvalue weighted by atomic mass is 35.5. The predicted octanol–water partition coefficient (Wildman–Crippen LogP) is 2.13. The van der Waals surface area contributed by atoms with Crippen molar-refractivity contribution in [2.75, 3.05) is 19.0 Å². The molecule has 0 aliphatic heterocycles. The van der Waals surface area contributed by atoms with Gasteiger partial charge in [-0.2, -0.15) is 0 Å². The minimum atomic E-state index is -4.55. The normalized spacial score (nSPS) is 13.4. The minimum Gasteiger partial charge on any atom is -0.308 e. The van der Waals surface area contributed by atoms with Crippen molar-refractivity contribution in [1.29, 1.82) is 0 Å². The summed E-state index contributed by atoms with van der Waals surface area (Å²) in [4.78, 5) is 0. The third-order valence-corrected chi connectivity index (χ3v) is 1.97. The molecule has 0 aliphatic carbocycles. The Hall–Kier alpha value is -0.0000000000000000555. The number of hydrogen-bond acceptors (Lipinski definition) is 2. The van der Waals surface area contributed by atoms with Gasteiger partial charge in [-0.25, -0.2) is 0 Å². The van der Waals surface area contributed by atoms with Crippen molar-refractivity contribution in [3.63, 3.8) is 0 Å². The zero-order valence-corrected chi connectivity index (χ0v) is 8.30. The van der Waals surface area contributed by atoms with Crippen molar-refractivity contribution < 1.29 is 17.9 Å². The average Bonchev–Trinajstić information content (AvgIpc) is 1.97. The molecule has 0 fully saturated rings. The molecule has 0 heterocycles. The highest BCUT2D eigenvalue weighted by Crippen LogP contribution is 2.15. The van der Waals surface area contributed by atoms with Gasteiger partial charge in [0.15, 0.2) is 0 Å². The molecular weight excluding hydrogens is 207 g/mol. The SMILES string of the molecule is CC(C)(CCl)NCCOC(F)(F)F. The molecule has 0 saturated carbocycles. The van der Waals surface area contributed by atoms with E-state index < -0.39 is 13.0 Å². The van der Waals surface area contributed by atoms with Gasteiger partial charge in [-0.05, 0) is 13.8 Å². The quantitative estimate of drug-likeness (QED) is 0.565. The zero-order valence-electron chi connectivity index (χ0n) is 7.54. The molecule has 1 N–H and O–H groups in total. The molecule has 0 atom stereocenters. The topological polar surface area (TPSA) is 21.3 Å². The predicted molar refractivity (Wildman–Crippen MR) is 44.8 cm³/mol. The lowest BCUT2D eigenvalue weighted by Crippen LogP contribution is -2.43. The summed E-state index contributed by atoms with van der Waals surface area (Å²) in [6.45, 7) is 3.32. The third kappa shape index (κ3) is 8.33. The Balaban J connectivity index is 3.47. The van der Waals surface area contributed by atoms with Crippen LogP contribution in [0.4, 0.5) is 13.2 Å². The number of halogens is 4. The summed E-state index contributed by atoms with van der Waals surface area (Å²) in [6, 6.07) is 0. The number of ether oxygens (including phenoxy) is 1. The first-order valence-corrected chi connectivity index (χ1v) is 4.32. The van der Waals surface area contributed by atoms with E-state index in [1.807, 2.05) is 0 Å². The largest absolute Gasteiger partial charge is 0.522 e. The van der Waals surface area contributed by atoms with Crippen molar-refractivity contribution in [3.05, 3.63) is 0 Å². The third-order valence-electron chi connectivity index (χ3n) is 1.31. The van der Waals surface area contributed by atoms with Crippen LogP contribution in [0, 0.1) is 0 Å². The van der Waals surface area contributed by atoms with E-state index >= 15 is 0 Å². The molecular formula is C7H13ClF3NO. The fourth-order valence-electron chi connectivity index (χ4n) is 0.603. The first-order chi connectivity index (χ1) is 5.77. The summed E-state index contributed by atoms with van der Waals surface area (Å²) in [6.07, 6.45) is -4.55. The Labute approximate surface area is 80.4 Å². The molecule has 0 spiro atoms. The van der Waals surface area contributed by atoms with Crippen molar-refractivity contribution in [3.8, 4) is 0 Å². The second-order valence-corrected chi connectivity index (χ2v) is 3.51. The Bertz CT molecular complexity index is 149. The molecule has 2 nitrogen and oxygen atoms in total. The number of hydrogen-bond donors (Lipinski definition) is 1. The number of alkyl halides is 4. The average molecular weight is 220 g/mol. The van der Waals surface area contributed by atoms with E-state index in [-0.39, 0.29) is 12.1 Å². The van der Waals surface area contributed by atoms with Crippen LogP contribution >= 0.6 is 11.6 Å². The molecule has 0 bridgehead atoms. The molecule has 80 valence electrons. The van der Waals surface area contributed by atoms with E-state index in [2.05, 4.69) is 10.1 Å². The summed E-state index contributed by atoms with van der Waals surface area (Å²) >= 11 is 5.54. The van der Waals surface area contributed by atoms with Crippen LogP contribution in [-0.2, 0) is 4.74 Å². The summed E-state index contributed by atoms with van der Waals surface area (Å²) in [7, 11) is 0. The van der Waals surface area contributed by atoms with Crippen LogP contribution in [0.1, 0.15) is 13.8 Å². The fraction of sp³-hybridized carbons (Fsp3) is 1.00. The fourth-order valence-corrected chi connectivity index (χ4v) is 0.698. The Morgan fingerprint density at radius 2 is 1.85 bits per heavy atom. The molecule has 0 aromatic rings. The summed E-state index contributed by atoms with van der Waals surface area (Å²) in [5.74, 6) is 0.332. The van der Waals surface area contributed by atoms with Gasteiger partial charge in [0.05, 0.1) is 6.61 Å². The molecule has 0 unspecified atom stereocenters. The molecule has 6 heteroatoms. The molecule has 0 rings (SSSR count). The number of rotatable bonds is 5.